The van der Waals surface area contributed by atoms with E-state index in [1.54, 1.807) is 25.1 Å². The van der Waals surface area contributed by atoms with Gasteiger partial charge in [-0.3, -0.25) is 9.59 Å². The first-order chi connectivity index (χ1) is 10.1. The maximum absolute atomic E-state index is 12.1. The minimum Gasteiger partial charge on any atom is -0.466 e. The molecule has 1 aromatic rings. The van der Waals surface area contributed by atoms with Gasteiger partial charge in [0.1, 0.15) is 6.61 Å². The monoisotopic (exact) mass is 289 g/mol. The Morgan fingerprint density at radius 3 is 2.81 bits per heavy atom. The highest BCUT2D eigenvalue weighted by Crippen LogP contribution is 2.10. The van der Waals surface area contributed by atoms with Crippen LogP contribution in [-0.2, 0) is 9.53 Å². The highest BCUT2D eigenvalue weighted by atomic mass is 16.5. The molecule has 2 N–H and O–H groups in total. The highest BCUT2D eigenvalue weighted by Gasteiger charge is 2.10. The Labute approximate surface area is 124 Å². The largest absolute Gasteiger partial charge is 0.466 e. The molecule has 0 fully saturated rings. The fraction of sp³-hybridized carbons (Fsp3) is 0.375. The van der Waals surface area contributed by atoms with E-state index in [2.05, 4.69) is 17.2 Å². The average molecular weight is 289 g/mol. The maximum Gasteiger partial charge on any atom is 0.307 e. The number of hydrogen-bond donors (Lipinski definition) is 2. The van der Waals surface area contributed by atoms with Gasteiger partial charge in [0.15, 0.2) is 0 Å². The lowest BCUT2D eigenvalue weighted by Gasteiger charge is -2.08. The summed E-state index contributed by atoms with van der Waals surface area (Å²) in [6.07, 6.45) is 0.142. The molecule has 0 unspecified atom stereocenters. The van der Waals surface area contributed by atoms with Crippen molar-refractivity contribution in [2.45, 2.75) is 20.3 Å². The van der Waals surface area contributed by atoms with Gasteiger partial charge in [-0.05, 0) is 31.5 Å². The van der Waals surface area contributed by atoms with Crippen LogP contribution in [0.1, 0.15) is 34.8 Å². The third kappa shape index (κ3) is 5.67. The Balaban J connectivity index is 2.67. The summed E-state index contributed by atoms with van der Waals surface area (Å²) in [5.74, 6) is 4.69. The number of hydrogen-bond acceptors (Lipinski definition) is 4. The lowest BCUT2D eigenvalue weighted by atomic mass is 10.0. The Kier molecular flexibility index (Phi) is 6.99. The number of rotatable bonds is 5. The molecule has 1 aromatic carbocycles. The number of carbonyl (C=O) groups excluding carboxylic acids is 2. The van der Waals surface area contributed by atoms with Crippen molar-refractivity contribution < 1.29 is 19.4 Å². The van der Waals surface area contributed by atoms with Crippen molar-refractivity contribution in [3.05, 3.63) is 34.9 Å². The third-order valence-corrected chi connectivity index (χ3v) is 2.71. The molecule has 1 rings (SSSR count). The predicted octanol–water partition coefficient (Wildman–Crippen LogP) is 1.02. The summed E-state index contributed by atoms with van der Waals surface area (Å²) < 4.78 is 4.78. The predicted molar refractivity (Wildman–Crippen MR) is 78.7 cm³/mol. The normalized spacial score (nSPS) is 9.48. The second-order valence-corrected chi connectivity index (χ2v) is 4.30. The highest BCUT2D eigenvalue weighted by molar-refractivity contribution is 5.96. The zero-order valence-electron chi connectivity index (χ0n) is 12.2. The first-order valence-electron chi connectivity index (χ1n) is 6.72. The molecule has 0 radical (unpaired) electrons. The zero-order valence-corrected chi connectivity index (χ0v) is 12.2. The number of aliphatic hydroxyl groups is 1. The Bertz CT molecular complexity index is 569. The number of esters is 1. The van der Waals surface area contributed by atoms with E-state index in [9.17, 15) is 9.59 Å². The van der Waals surface area contributed by atoms with E-state index >= 15 is 0 Å². The SMILES string of the molecule is CCOC(=O)CCNC(=O)c1cc(C#CCO)ccc1C. The smallest absolute Gasteiger partial charge is 0.307 e. The standard InChI is InChI=1S/C16H19NO4/c1-3-21-15(19)8-9-17-16(20)14-11-13(5-4-10-18)7-6-12(14)2/h6-7,11,18H,3,8-10H2,1-2H3,(H,17,20). The molecule has 0 saturated carbocycles. The van der Waals surface area contributed by atoms with Crippen molar-refractivity contribution in [2.75, 3.05) is 19.8 Å². The van der Waals surface area contributed by atoms with Gasteiger partial charge >= 0.3 is 5.97 Å². The molecule has 5 heteroatoms. The topological polar surface area (TPSA) is 75.6 Å². The van der Waals surface area contributed by atoms with E-state index in [4.69, 9.17) is 9.84 Å². The second kappa shape index (κ2) is 8.77. The summed E-state index contributed by atoms with van der Waals surface area (Å²) in [4.78, 5) is 23.3. The van der Waals surface area contributed by atoms with Crippen LogP contribution in [-0.4, -0.2) is 36.7 Å². The fourth-order valence-electron chi connectivity index (χ4n) is 1.69. The average Bonchev–Trinajstić information content (AvgIpc) is 2.46. The van der Waals surface area contributed by atoms with E-state index in [0.29, 0.717) is 17.7 Å². The minimum absolute atomic E-state index is 0.142. The lowest BCUT2D eigenvalue weighted by Crippen LogP contribution is -2.27. The van der Waals surface area contributed by atoms with Gasteiger partial charge in [-0.2, -0.15) is 0 Å². The van der Waals surface area contributed by atoms with Crippen molar-refractivity contribution in [1.82, 2.24) is 5.32 Å². The summed E-state index contributed by atoms with van der Waals surface area (Å²) in [7, 11) is 0. The summed E-state index contributed by atoms with van der Waals surface area (Å²) in [6, 6.07) is 5.24. The van der Waals surface area contributed by atoms with Gasteiger partial charge in [0, 0.05) is 17.7 Å². The van der Waals surface area contributed by atoms with Gasteiger partial charge < -0.3 is 15.2 Å². The van der Waals surface area contributed by atoms with Crippen LogP contribution < -0.4 is 5.32 Å². The molecule has 112 valence electrons. The van der Waals surface area contributed by atoms with E-state index in [1.807, 2.05) is 6.92 Å². The van der Waals surface area contributed by atoms with Crippen LogP contribution in [0.2, 0.25) is 0 Å². The van der Waals surface area contributed by atoms with E-state index in [1.165, 1.54) is 0 Å². The zero-order chi connectivity index (χ0) is 15.7. The quantitative estimate of drug-likeness (QED) is 0.627. The van der Waals surface area contributed by atoms with Crippen molar-refractivity contribution >= 4 is 11.9 Å². The molecular formula is C16H19NO4. The number of aryl methyl sites for hydroxylation is 1. The van der Waals surface area contributed by atoms with Gasteiger partial charge in [0.25, 0.3) is 5.91 Å². The molecule has 0 aliphatic carbocycles. The van der Waals surface area contributed by atoms with E-state index < -0.39 is 0 Å². The number of ether oxygens (including phenoxy) is 1. The molecule has 0 bridgehead atoms. The molecule has 0 aromatic heterocycles. The number of nitrogens with one attached hydrogen (secondary N) is 1. The summed E-state index contributed by atoms with van der Waals surface area (Å²) >= 11 is 0. The lowest BCUT2D eigenvalue weighted by molar-refractivity contribution is -0.142. The van der Waals surface area contributed by atoms with Gasteiger partial charge in [-0.15, -0.1) is 0 Å². The summed E-state index contributed by atoms with van der Waals surface area (Å²) in [5, 5.41) is 11.4. The Morgan fingerprint density at radius 1 is 1.38 bits per heavy atom. The van der Waals surface area contributed by atoms with Crippen LogP contribution in [0.4, 0.5) is 0 Å². The van der Waals surface area contributed by atoms with Crippen LogP contribution in [0.3, 0.4) is 0 Å². The molecule has 0 saturated heterocycles. The van der Waals surface area contributed by atoms with Crippen LogP contribution in [0, 0.1) is 18.8 Å². The number of aliphatic hydroxyl groups excluding tert-OH is 1. The van der Waals surface area contributed by atoms with Gasteiger partial charge in [0.2, 0.25) is 0 Å². The Hall–Kier alpha value is -2.32. The van der Waals surface area contributed by atoms with Gasteiger partial charge in [-0.1, -0.05) is 17.9 Å². The van der Waals surface area contributed by atoms with Gasteiger partial charge in [0.05, 0.1) is 13.0 Å². The van der Waals surface area contributed by atoms with Crippen LogP contribution in [0.25, 0.3) is 0 Å². The molecule has 5 nitrogen and oxygen atoms in total. The van der Waals surface area contributed by atoms with Crippen LogP contribution >= 0.6 is 0 Å². The van der Waals surface area contributed by atoms with Crippen LogP contribution in [0.15, 0.2) is 18.2 Å². The molecule has 0 atom stereocenters. The molecule has 1 amide bonds. The first kappa shape index (κ1) is 16.7. The van der Waals surface area contributed by atoms with Crippen molar-refractivity contribution in [1.29, 1.82) is 0 Å². The molecule has 0 aliphatic rings. The van der Waals surface area contributed by atoms with E-state index in [-0.39, 0.29) is 31.4 Å². The molecule has 21 heavy (non-hydrogen) atoms. The molecule has 0 aliphatic heterocycles. The molecular weight excluding hydrogens is 270 g/mol. The number of amides is 1. The van der Waals surface area contributed by atoms with Crippen LogP contribution in [0.5, 0.6) is 0 Å². The number of carbonyl (C=O) groups is 2. The summed E-state index contributed by atoms with van der Waals surface area (Å²) in [5.41, 5.74) is 1.98. The first-order valence-corrected chi connectivity index (χ1v) is 6.72. The van der Waals surface area contributed by atoms with E-state index in [0.717, 1.165) is 5.56 Å². The fourth-order valence-corrected chi connectivity index (χ4v) is 1.69. The number of benzene rings is 1. The van der Waals surface area contributed by atoms with Gasteiger partial charge in [-0.25, -0.2) is 0 Å². The maximum atomic E-state index is 12.1. The Morgan fingerprint density at radius 2 is 2.14 bits per heavy atom. The summed E-state index contributed by atoms with van der Waals surface area (Å²) in [6.45, 7) is 3.89. The molecule has 0 heterocycles. The minimum atomic E-state index is -0.336. The van der Waals surface area contributed by atoms with Crippen molar-refractivity contribution in [3.63, 3.8) is 0 Å². The van der Waals surface area contributed by atoms with Crippen molar-refractivity contribution in [2.24, 2.45) is 0 Å². The second-order valence-electron chi connectivity index (χ2n) is 4.30. The van der Waals surface area contributed by atoms with Crippen molar-refractivity contribution in [3.8, 4) is 11.8 Å². The molecule has 0 spiro atoms. The third-order valence-electron chi connectivity index (χ3n) is 2.71.